The van der Waals surface area contributed by atoms with E-state index in [4.69, 9.17) is 9.47 Å². The normalized spacial score (nSPS) is 12.8. The van der Waals surface area contributed by atoms with Crippen LogP contribution in [0.1, 0.15) is 19.4 Å². The van der Waals surface area contributed by atoms with E-state index in [1.54, 1.807) is 0 Å². The predicted octanol–water partition coefficient (Wildman–Crippen LogP) is 2.59. The maximum Gasteiger partial charge on any atom is 0.155 e. The molecule has 0 amide bonds. The zero-order valence-corrected chi connectivity index (χ0v) is 8.19. The van der Waals surface area contributed by atoms with Gasteiger partial charge in [0.25, 0.3) is 0 Å². The first-order chi connectivity index (χ1) is 6.33. The van der Waals surface area contributed by atoms with Crippen LogP contribution >= 0.6 is 0 Å². The third kappa shape index (κ3) is 4.06. The second-order valence-electron chi connectivity index (χ2n) is 2.82. The molecule has 0 saturated heterocycles. The average Bonchev–Trinajstić information content (AvgIpc) is 2.17. The van der Waals surface area contributed by atoms with Crippen molar-refractivity contribution in [3.8, 4) is 0 Å². The number of hydrogen-bond donors (Lipinski definition) is 0. The van der Waals surface area contributed by atoms with Gasteiger partial charge < -0.3 is 9.47 Å². The summed E-state index contributed by atoms with van der Waals surface area (Å²) in [5.74, 6) is 0. The van der Waals surface area contributed by atoms with Crippen LogP contribution in [0.5, 0.6) is 0 Å². The Kier molecular flexibility index (Phi) is 4.50. The van der Waals surface area contributed by atoms with Gasteiger partial charge in [0.2, 0.25) is 0 Å². The minimum atomic E-state index is -0.120. The standard InChI is InChI=1S/C11H16O2/c1-3-12-10(2)13-9-11-7-5-4-6-8-11/h4-8,10H,3,9H2,1-2H3/t10-/m1/s1. The van der Waals surface area contributed by atoms with Gasteiger partial charge in [-0.1, -0.05) is 30.3 Å². The van der Waals surface area contributed by atoms with Crippen LogP contribution in [-0.2, 0) is 16.1 Å². The van der Waals surface area contributed by atoms with Crippen molar-refractivity contribution in [2.75, 3.05) is 6.61 Å². The van der Waals surface area contributed by atoms with Gasteiger partial charge in [0, 0.05) is 6.61 Å². The van der Waals surface area contributed by atoms with Gasteiger partial charge >= 0.3 is 0 Å². The summed E-state index contributed by atoms with van der Waals surface area (Å²) in [6.45, 7) is 5.17. The first-order valence-corrected chi connectivity index (χ1v) is 4.60. The molecule has 0 fully saturated rings. The van der Waals surface area contributed by atoms with E-state index in [1.807, 2.05) is 44.2 Å². The largest absolute Gasteiger partial charge is 0.353 e. The van der Waals surface area contributed by atoms with Gasteiger partial charge in [-0.15, -0.1) is 0 Å². The molecule has 0 radical (unpaired) electrons. The van der Waals surface area contributed by atoms with Crippen LogP contribution in [0.15, 0.2) is 30.3 Å². The fourth-order valence-electron chi connectivity index (χ4n) is 1.07. The van der Waals surface area contributed by atoms with Crippen LogP contribution in [0, 0.1) is 0 Å². The van der Waals surface area contributed by atoms with Gasteiger partial charge in [0.05, 0.1) is 6.61 Å². The van der Waals surface area contributed by atoms with E-state index >= 15 is 0 Å². The summed E-state index contributed by atoms with van der Waals surface area (Å²) < 4.78 is 10.7. The number of rotatable bonds is 5. The van der Waals surface area contributed by atoms with E-state index in [-0.39, 0.29) is 6.29 Å². The Morgan fingerprint density at radius 2 is 1.85 bits per heavy atom. The Labute approximate surface area is 79.5 Å². The Morgan fingerprint density at radius 1 is 1.15 bits per heavy atom. The molecule has 0 unspecified atom stereocenters. The van der Waals surface area contributed by atoms with Crippen molar-refractivity contribution < 1.29 is 9.47 Å². The lowest BCUT2D eigenvalue weighted by Crippen LogP contribution is -2.12. The van der Waals surface area contributed by atoms with E-state index in [0.717, 1.165) is 0 Å². The fourth-order valence-corrected chi connectivity index (χ4v) is 1.07. The minimum absolute atomic E-state index is 0.120. The average molecular weight is 180 g/mol. The van der Waals surface area contributed by atoms with Gasteiger partial charge in [0.15, 0.2) is 6.29 Å². The predicted molar refractivity (Wildman–Crippen MR) is 52.3 cm³/mol. The monoisotopic (exact) mass is 180 g/mol. The Hall–Kier alpha value is -0.860. The molecule has 0 heterocycles. The van der Waals surface area contributed by atoms with Crippen LogP contribution in [0.3, 0.4) is 0 Å². The third-order valence-corrected chi connectivity index (χ3v) is 1.73. The molecule has 0 aromatic heterocycles. The fraction of sp³-hybridized carbons (Fsp3) is 0.455. The Balaban J connectivity index is 2.27. The van der Waals surface area contributed by atoms with Gasteiger partial charge in [-0.05, 0) is 19.4 Å². The molecule has 1 atom stereocenters. The second-order valence-corrected chi connectivity index (χ2v) is 2.82. The molecule has 0 aliphatic carbocycles. The number of ether oxygens (including phenoxy) is 2. The summed E-state index contributed by atoms with van der Waals surface area (Å²) in [6.07, 6.45) is -0.120. The number of hydrogen-bond acceptors (Lipinski definition) is 2. The van der Waals surface area contributed by atoms with Crippen LogP contribution in [-0.4, -0.2) is 12.9 Å². The zero-order valence-electron chi connectivity index (χ0n) is 8.19. The van der Waals surface area contributed by atoms with Gasteiger partial charge in [-0.3, -0.25) is 0 Å². The van der Waals surface area contributed by atoms with Crippen LogP contribution in [0.2, 0.25) is 0 Å². The highest BCUT2D eigenvalue weighted by molar-refractivity contribution is 5.13. The quantitative estimate of drug-likeness (QED) is 0.648. The van der Waals surface area contributed by atoms with Crippen molar-refractivity contribution in [2.24, 2.45) is 0 Å². The smallest absolute Gasteiger partial charge is 0.155 e. The molecular formula is C11H16O2. The van der Waals surface area contributed by atoms with E-state index < -0.39 is 0 Å². The lowest BCUT2D eigenvalue weighted by Gasteiger charge is -2.12. The van der Waals surface area contributed by atoms with E-state index in [0.29, 0.717) is 13.2 Å². The SMILES string of the molecule is CCO[C@@H](C)OCc1ccccc1. The number of benzene rings is 1. The van der Waals surface area contributed by atoms with Crippen LogP contribution in [0.25, 0.3) is 0 Å². The summed E-state index contributed by atoms with van der Waals surface area (Å²) in [4.78, 5) is 0. The second kappa shape index (κ2) is 5.73. The lowest BCUT2D eigenvalue weighted by atomic mass is 10.2. The molecular weight excluding hydrogens is 164 g/mol. The van der Waals surface area contributed by atoms with E-state index in [2.05, 4.69) is 0 Å². The molecule has 0 aliphatic rings. The highest BCUT2D eigenvalue weighted by atomic mass is 16.7. The molecule has 1 aromatic rings. The molecule has 0 N–H and O–H groups in total. The summed E-state index contributed by atoms with van der Waals surface area (Å²) in [5.41, 5.74) is 1.18. The van der Waals surface area contributed by atoms with Gasteiger partial charge in [-0.2, -0.15) is 0 Å². The highest BCUT2D eigenvalue weighted by Crippen LogP contribution is 2.03. The molecule has 2 nitrogen and oxygen atoms in total. The molecule has 0 bridgehead atoms. The molecule has 0 spiro atoms. The van der Waals surface area contributed by atoms with E-state index in [1.165, 1.54) is 5.56 Å². The molecule has 72 valence electrons. The molecule has 0 aliphatic heterocycles. The Bertz CT molecular complexity index is 221. The van der Waals surface area contributed by atoms with Crippen molar-refractivity contribution in [2.45, 2.75) is 26.7 Å². The summed E-state index contributed by atoms with van der Waals surface area (Å²) >= 11 is 0. The van der Waals surface area contributed by atoms with Crippen molar-refractivity contribution >= 4 is 0 Å². The molecule has 1 rings (SSSR count). The lowest BCUT2D eigenvalue weighted by molar-refractivity contribution is -0.134. The van der Waals surface area contributed by atoms with Gasteiger partial charge in [-0.25, -0.2) is 0 Å². The highest BCUT2D eigenvalue weighted by Gasteiger charge is 1.99. The first kappa shape index (κ1) is 10.2. The van der Waals surface area contributed by atoms with Crippen molar-refractivity contribution in [1.82, 2.24) is 0 Å². The molecule has 0 saturated carbocycles. The Morgan fingerprint density at radius 3 is 2.46 bits per heavy atom. The summed E-state index contributed by atoms with van der Waals surface area (Å²) in [7, 11) is 0. The van der Waals surface area contributed by atoms with Crippen molar-refractivity contribution in [3.05, 3.63) is 35.9 Å². The molecule has 1 aromatic carbocycles. The summed E-state index contributed by atoms with van der Waals surface area (Å²) in [6, 6.07) is 10.1. The van der Waals surface area contributed by atoms with Crippen LogP contribution < -0.4 is 0 Å². The zero-order chi connectivity index (χ0) is 9.52. The molecule has 13 heavy (non-hydrogen) atoms. The van der Waals surface area contributed by atoms with Crippen molar-refractivity contribution in [3.63, 3.8) is 0 Å². The van der Waals surface area contributed by atoms with E-state index in [9.17, 15) is 0 Å². The molecule has 2 heteroatoms. The topological polar surface area (TPSA) is 18.5 Å². The van der Waals surface area contributed by atoms with Gasteiger partial charge in [0.1, 0.15) is 0 Å². The van der Waals surface area contributed by atoms with Crippen LogP contribution in [0.4, 0.5) is 0 Å². The maximum atomic E-state index is 5.45. The minimum Gasteiger partial charge on any atom is -0.353 e. The van der Waals surface area contributed by atoms with Crippen molar-refractivity contribution in [1.29, 1.82) is 0 Å². The summed E-state index contributed by atoms with van der Waals surface area (Å²) in [5, 5.41) is 0. The maximum absolute atomic E-state index is 5.45. The first-order valence-electron chi connectivity index (χ1n) is 4.60. The third-order valence-electron chi connectivity index (χ3n) is 1.73.